The van der Waals surface area contributed by atoms with E-state index in [-0.39, 0.29) is 5.56 Å². The number of hydrogen-bond donors (Lipinski definition) is 0. The molecule has 0 spiro atoms. The fraction of sp³-hybridized carbons (Fsp3) is 0.333. The summed E-state index contributed by atoms with van der Waals surface area (Å²) >= 11 is 6.12. The summed E-state index contributed by atoms with van der Waals surface area (Å²) in [5.41, 5.74) is 2.10. The number of nitrogens with zero attached hydrogens (tertiary/aromatic N) is 5. The molecule has 22 heavy (non-hydrogen) atoms. The van der Waals surface area contributed by atoms with Crippen molar-refractivity contribution in [3.05, 3.63) is 45.1 Å². The molecule has 3 heterocycles. The van der Waals surface area contributed by atoms with Gasteiger partial charge in [-0.1, -0.05) is 18.5 Å². The lowest BCUT2D eigenvalue weighted by Crippen LogP contribution is -2.18. The highest BCUT2D eigenvalue weighted by Crippen LogP contribution is 2.26. The fourth-order valence-electron chi connectivity index (χ4n) is 2.42. The van der Waals surface area contributed by atoms with Crippen molar-refractivity contribution in [1.82, 2.24) is 24.1 Å². The molecule has 0 atom stereocenters. The van der Waals surface area contributed by atoms with E-state index in [4.69, 9.17) is 11.6 Å². The second-order valence-corrected chi connectivity index (χ2v) is 5.57. The third-order valence-electron chi connectivity index (χ3n) is 3.62. The average molecular weight is 318 g/mol. The Morgan fingerprint density at radius 3 is 2.77 bits per heavy atom. The summed E-state index contributed by atoms with van der Waals surface area (Å²) in [7, 11) is 0. The fourth-order valence-corrected chi connectivity index (χ4v) is 2.58. The molecular weight excluding hydrogens is 302 g/mol. The van der Waals surface area contributed by atoms with Gasteiger partial charge in [0.1, 0.15) is 5.15 Å². The molecule has 0 fully saturated rings. The molecule has 3 aromatic rings. The number of pyridine rings is 1. The predicted molar refractivity (Wildman–Crippen MR) is 85.3 cm³/mol. The minimum Gasteiger partial charge on any atom is -0.293 e. The first-order valence-electron chi connectivity index (χ1n) is 7.11. The van der Waals surface area contributed by atoms with E-state index in [1.807, 2.05) is 17.6 Å². The van der Waals surface area contributed by atoms with Crippen LogP contribution in [-0.4, -0.2) is 24.1 Å². The largest absolute Gasteiger partial charge is 0.293 e. The maximum atomic E-state index is 12.3. The Hall–Kier alpha value is -2.21. The van der Waals surface area contributed by atoms with E-state index in [9.17, 15) is 4.79 Å². The van der Waals surface area contributed by atoms with Gasteiger partial charge in [0.05, 0.1) is 0 Å². The van der Waals surface area contributed by atoms with Crippen LogP contribution >= 0.6 is 11.6 Å². The summed E-state index contributed by atoms with van der Waals surface area (Å²) in [4.78, 5) is 20.7. The van der Waals surface area contributed by atoms with E-state index < -0.39 is 0 Å². The molecular formula is C15H16ClN5O. The first kappa shape index (κ1) is 14.7. The van der Waals surface area contributed by atoms with Crippen molar-refractivity contribution in [3.63, 3.8) is 0 Å². The molecule has 3 rings (SSSR count). The molecule has 0 unspecified atom stereocenters. The SMILES string of the molecule is CCCn1c(-c2ccnc(Cl)c2C)nn2c(=O)c(C)cnc12. The number of aryl methyl sites for hydroxylation is 2. The van der Waals surface area contributed by atoms with Gasteiger partial charge < -0.3 is 0 Å². The number of rotatable bonds is 3. The van der Waals surface area contributed by atoms with Crippen molar-refractivity contribution in [3.8, 4) is 11.4 Å². The number of fused-ring (bicyclic) bond motifs is 1. The first-order valence-corrected chi connectivity index (χ1v) is 7.49. The summed E-state index contributed by atoms with van der Waals surface area (Å²) < 4.78 is 3.30. The molecule has 0 bridgehead atoms. The van der Waals surface area contributed by atoms with Gasteiger partial charge in [0.2, 0.25) is 5.78 Å². The molecule has 0 aliphatic rings. The Balaban J connectivity index is 2.38. The molecule has 0 N–H and O–H groups in total. The molecule has 0 aliphatic carbocycles. The van der Waals surface area contributed by atoms with Gasteiger partial charge in [0.25, 0.3) is 5.56 Å². The van der Waals surface area contributed by atoms with E-state index in [1.54, 1.807) is 19.3 Å². The molecule has 0 saturated heterocycles. The zero-order valence-electron chi connectivity index (χ0n) is 12.7. The molecule has 0 saturated carbocycles. The van der Waals surface area contributed by atoms with Crippen LogP contribution in [0.15, 0.2) is 23.3 Å². The topological polar surface area (TPSA) is 65.1 Å². The quantitative estimate of drug-likeness (QED) is 0.697. The second kappa shape index (κ2) is 5.53. The number of hydrogen-bond acceptors (Lipinski definition) is 4. The number of halogens is 1. The van der Waals surface area contributed by atoms with E-state index >= 15 is 0 Å². The van der Waals surface area contributed by atoms with Gasteiger partial charge in [-0.15, -0.1) is 5.10 Å². The smallest absolute Gasteiger partial charge is 0.278 e. The summed E-state index contributed by atoms with van der Waals surface area (Å²) in [6, 6.07) is 1.85. The summed E-state index contributed by atoms with van der Waals surface area (Å²) in [5.74, 6) is 1.22. The second-order valence-electron chi connectivity index (χ2n) is 5.21. The van der Waals surface area contributed by atoms with Gasteiger partial charge in [0, 0.05) is 30.1 Å². The highest BCUT2D eigenvalue weighted by atomic mass is 35.5. The maximum Gasteiger partial charge on any atom is 0.278 e. The third-order valence-corrected chi connectivity index (χ3v) is 4.00. The van der Waals surface area contributed by atoms with Crippen LogP contribution in [0, 0.1) is 13.8 Å². The minimum atomic E-state index is -0.154. The highest BCUT2D eigenvalue weighted by Gasteiger charge is 2.18. The van der Waals surface area contributed by atoms with E-state index in [0.29, 0.717) is 28.9 Å². The maximum absolute atomic E-state index is 12.3. The summed E-state index contributed by atoms with van der Waals surface area (Å²) in [5, 5.41) is 4.92. The van der Waals surface area contributed by atoms with Crippen LogP contribution in [0.1, 0.15) is 24.5 Å². The molecule has 6 nitrogen and oxygen atoms in total. The minimum absolute atomic E-state index is 0.154. The van der Waals surface area contributed by atoms with Gasteiger partial charge in [0.15, 0.2) is 5.82 Å². The van der Waals surface area contributed by atoms with Crippen LogP contribution in [0.2, 0.25) is 5.15 Å². The van der Waals surface area contributed by atoms with Gasteiger partial charge in [-0.2, -0.15) is 4.52 Å². The van der Waals surface area contributed by atoms with Gasteiger partial charge >= 0.3 is 0 Å². The van der Waals surface area contributed by atoms with Crippen molar-refractivity contribution >= 4 is 17.4 Å². The third kappa shape index (κ3) is 2.20. The van der Waals surface area contributed by atoms with Gasteiger partial charge in [-0.3, -0.25) is 9.36 Å². The first-order chi connectivity index (χ1) is 10.5. The van der Waals surface area contributed by atoms with Crippen molar-refractivity contribution in [2.24, 2.45) is 0 Å². The van der Waals surface area contributed by atoms with Crippen LogP contribution in [-0.2, 0) is 6.54 Å². The summed E-state index contributed by atoms with van der Waals surface area (Å²) in [6.45, 7) is 6.41. The molecule has 0 aliphatic heterocycles. The zero-order valence-corrected chi connectivity index (χ0v) is 13.4. The van der Waals surface area contributed by atoms with Crippen molar-refractivity contribution in [1.29, 1.82) is 0 Å². The Kier molecular flexibility index (Phi) is 3.70. The van der Waals surface area contributed by atoms with Crippen LogP contribution in [0.3, 0.4) is 0 Å². The lowest BCUT2D eigenvalue weighted by Gasteiger charge is -2.08. The average Bonchev–Trinajstić information content (AvgIpc) is 2.86. The Morgan fingerprint density at radius 1 is 1.27 bits per heavy atom. The van der Waals surface area contributed by atoms with E-state index in [1.165, 1.54) is 4.52 Å². The van der Waals surface area contributed by atoms with Crippen LogP contribution in [0.4, 0.5) is 0 Å². The normalized spacial score (nSPS) is 11.3. The van der Waals surface area contributed by atoms with Crippen molar-refractivity contribution in [2.75, 3.05) is 0 Å². The zero-order chi connectivity index (χ0) is 15.9. The molecule has 0 aromatic carbocycles. The predicted octanol–water partition coefficient (Wildman–Crippen LogP) is 2.63. The van der Waals surface area contributed by atoms with Crippen LogP contribution in [0.25, 0.3) is 17.2 Å². The monoisotopic (exact) mass is 317 g/mol. The van der Waals surface area contributed by atoms with Crippen LogP contribution < -0.4 is 5.56 Å². The molecule has 0 radical (unpaired) electrons. The van der Waals surface area contributed by atoms with Gasteiger partial charge in [-0.25, -0.2) is 9.97 Å². The Bertz CT molecular complexity index is 912. The summed E-state index contributed by atoms with van der Waals surface area (Å²) in [6.07, 6.45) is 4.13. The van der Waals surface area contributed by atoms with Crippen molar-refractivity contribution < 1.29 is 0 Å². The highest BCUT2D eigenvalue weighted by molar-refractivity contribution is 6.30. The number of aromatic nitrogens is 5. The lowest BCUT2D eigenvalue weighted by atomic mass is 10.1. The Labute approximate surface area is 132 Å². The molecule has 7 heteroatoms. The van der Waals surface area contributed by atoms with Crippen molar-refractivity contribution in [2.45, 2.75) is 33.7 Å². The molecule has 114 valence electrons. The van der Waals surface area contributed by atoms with Crippen LogP contribution in [0.5, 0.6) is 0 Å². The Morgan fingerprint density at radius 2 is 2.05 bits per heavy atom. The molecule has 0 amide bonds. The lowest BCUT2D eigenvalue weighted by molar-refractivity contribution is 0.694. The van der Waals surface area contributed by atoms with E-state index in [0.717, 1.165) is 17.5 Å². The van der Waals surface area contributed by atoms with E-state index in [2.05, 4.69) is 22.0 Å². The standard InChI is InChI=1S/C15H16ClN5O/c1-4-7-20-13(11-5-6-17-12(16)10(11)3)19-21-14(22)9(2)8-18-15(20)21/h5-6,8H,4,7H2,1-3H3. The van der Waals surface area contributed by atoms with Gasteiger partial charge in [-0.05, 0) is 31.9 Å². The molecule has 3 aromatic heterocycles.